The highest BCUT2D eigenvalue weighted by Crippen LogP contribution is 2.34. The van der Waals surface area contributed by atoms with Gasteiger partial charge in [0.1, 0.15) is 0 Å². The summed E-state index contributed by atoms with van der Waals surface area (Å²) in [5.74, 6) is 1.82. The smallest absolute Gasteiger partial charge is 0.191 e. The van der Waals surface area contributed by atoms with Crippen molar-refractivity contribution in [1.82, 2.24) is 10.6 Å². The normalized spacial score (nSPS) is 28.1. The van der Waals surface area contributed by atoms with Crippen LogP contribution in [0.1, 0.15) is 46.5 Å². The molecular weight excluding hydrogens is 226 g/mol. The molecule has 4 nitrogen and oxygen atoms in total. The molecule has 0 bridgehead atoms. The lowest BCUT2D eigenvalue weighted by atomic mass is 9.79. The molecule has 0 aromatic rings. The van der Waals surface area contributed by atoms with Gasteiger partial charge in [-0.1, -0.05) is 0 Å². The first-order chi connectivity index (χ1) is 8.53. The molecule has 2 rings (SSSR count). The lowest BCUT2D eigenvalue weighted by Crippen LogP contribution is -2.43. The van der Waals surface area contributed by atoms with Crippen LogP contribution in [0.25, 0.3) is 0 Å². The molecule has 2 N–H and O–H groups in total. The lowest BCUT2D eigenvalue weighted by molar-refractivity contribution is -0.112. The maximum absolute atomic E-state index is 5.94. The molecule has 0 aromatic heterocycles. The Balaban J connectivity index is 1.53. The molecule has 0 radical (unpaired) electrons. The molecule has 1 saturated carbocycles. The fraction of sp³-hybridized carbons (Fsp3) is 0.929. The van der Waals surface area contributed by atoms with Gasteiger partial charge >= 0.3 is 0 Å². The van der Waals surface area contributed by atoms with Crippen molar-refractivity contribution in [3.8, 4) is 0 Å². The quantitative estimate of drug-likeness (QED) is 0.804. The Hall–Kier alpha value is -0.770. The van der Waals surface area contributed by atoms with Gasteiger partial charge in [-0.05, 0) is 52.4 Å². The minimum Gasteiger partial charge on any atom is -0.373 e. The maximum atomic E-state index is 5.94. The van der Waals surface area contributed by atoms with Crippen molar-refractivity contribution >= 4 is 5.96 Å². The number of hydrogen-bond donors (Lipinski definition) is 2. The Morgan fingerprint density at radius 3 is 2.78 bits per heavy atom. The molecule has 0 amide bonds. The first-order valence-electron chi connectivity index (χ1n) is 7.23. The van der Waals surface area contributed by atoms with Crippen LogP contribution in [0.2, 0.25) is 0 Å². The Morgan fingerprint density at radius 2 is 2.17 bits per heavy atom. The van der Waals surface area contributed by atoms with Gasteiger partial charge in [0.2, 0.25) is 0 Å². The van der Waals surface area contributed by atoms with E-state index in [9.17, 15) is 0 Å². The summed E-state index contributed by atoms with van der Waals surface area (Å²) in [4.78, 5) is 4.40. The number of nitrogens with one attached hydrogen (secondary N) is 2. The number of rotatable bonds is 4. The van der Waals surface area contributed by atoms with Gasteiger partial charge in [0, 0.05) is 19.6 Å². The van der Waals surface area contributed by atoms with Crippen LogP contribution in [-0.4, -0.2) is 37.3 Å². The molecule has 0 saturated heterocycles. The van der Waals surface area contributed by atoms with E-state index in [0.717, 1.165) is 37.9 Å². The molecule has 4 heteroatoms. The second kappa shape index (κ2) is 5.91. The highest BCUT2D eigenvalue weighted by Gasteiger charge is 2.32. The maximum Gasteiger partial charge on any atom is 0.191 e. The summed E-state index contributed by atoms with van der Waals surface area (Å²) in [7, 11) is 0. The van der Waals surface area contributed by atoms with E-state index in [4.69, 9.17) is 4.74 Å². The van der Waals surface area contributed by atoms with Crippen LogP contribution in [0.4, 0.5) is 0 Å². The fourth-order valence-electron chi connectivity index (χ4n) is 2.55. The minimum atomic E-state index is 0.00857. The zero-order chi connectivity index (χ0) is 13.0. The monoisotopic (exact) mass is 253 g/mol. The predicted octanol–water partition coefficient (Wildman–Crippen LogP) is 1.91. The van der Waals surface area contributed by atoms with Gasteiger partial charge in [-0.3, -0.25) is 4.99 Å². The van der Waals surface area contributed by atoms with E-state index in [-0.39, 0.29) is 5.60 Å². The molecule has 2 aliphatic rings. The Labute approximate surface area is 111 Å². The van der Waals surface area contributed by atoms with Crippen LogP contribution in [0.15, 0.2) is 4.99 Å². The standard InChI is InChI=1S/C14H27N3O/c1-14(2,3)18-12-9-11(10-12)5-8-17-13-15-6-4-7-16-13/h11-12H,4-10H2,1-3H3,(H2,15,16,17). The van der Waals surface area contributed by atoms with E-state index in [0.29, 0.717) is 6.10 Å². The summed E-state index contributed by atoms with van der Waals surface area (Å²) >= 11 is 0. The van der Waals surface area contributed by atoms with E-state index in [1.165, 1.54) is 19.3 Å². The van der Waals surface area contributed by atoms with Gasteiger partial charge in [0.25, 0.3) is 0 Å². The molecule has 1 fully saturated rings. The molecule has 104 valence electrons. The lowest BCUT2D eigenvalue weighted by Gasteiger charge is -2.39. The fourth-order valence-corrected chi connectivity index (χ4v) is 2.55. The SMILES string of the molecule is CC(C)(C)OC1CC(CCNC2=NCCCN2)C1. The summed E-state index contributed by atoms with van der Waals surface area (Å²) in [6.45, 7) is 9.44. The second-order valence-electron chi connectivity index (χ2n) is 6.42. The third kappa shape index (κ3) is 4.48. The molecule has 1 aliphatic carbocycles. The van der Waals surface area contributed by atoms with Crippen molar-refractivity contribution in [3.05, 3.63) is 0 Å². The molecular formula is C14H27N3O. The molecule has 0 spiro atoms. The minimum absolute atomic E-state index is 0.00857. The largest absolute Gasteiger partial charge is 0.373 e. The molecule has 0 aromatic carbocycles. The van der Waals surface area contributed by atoms with Crippen LogP contribution in [0, 0.1) is 5.92 Å². The highest BCUT2D eigenvalue weighted by atomic mass is 16.5. The number of hydrogen-bond acceptors (Lipinski definition) is 4. The summed E-state index contributed by atoms with van der Waals surface area (Å²) in [5, 5.41) is 6.66. The van der Waals surface area contributed by atoms with Gasteiger partial charge in [-0.15, -0.1) is 0 Å². The average molecular weight is 253 g/mol. The molecule has 1 heterocycles. The third-order valence-corrected chi connectivity index (χ3v) is 3.45. The molecule has 1 aliphatic heterocycles. The third-order valence-electron chi connectivity index (χ3n) is 3.45. The van der Waals surface area contributed by atoms with Crippen LogP contribution in [0.5, 0.6) is 0 Å². The van der Waals surface area contributed by atoms with E-state index in [2.05, 4.69) is 36.4 Å². The van der Waals surface area contributed by atoms with E-state index >= 15 is 0 Å². The number of ether oxygens (including phenoxy) is 1. The van der Waals surface area contributed by atoms with Crippen LogP contribution >= 0.6 is 0 Å². The molecule has 18 heavy (non-hydrogen) atoms. The van der Waals surface area contributed by atoms with Crippen LogP contribution in [0.3, 0.4) is 0 Å². The van der Waals surface area contributed by atoms with Crippen molar-refractivity contribution in [2.24, 2.45) is 10.9 Å². The highest BCUT2D eigenvalue weighted by molar-refractivity contribution is 5.80. The van der Waals surface area contributed by atoms with Gasteiger partial charge in [0.15, 0.2) is 5.96 Å². The summed E-state index contributed by atoms with van der Waals surface area (Å²) in [5.41, 5.74) is 0.00857. The number of guanidine groups is 1. The first kappa shape index (κ1) is 13.7. The Bertz CT molecular complexity index is 290. The zero-order valence-corrected chi connectivity index (χ0v) is 12.0. The Morgan fingerprint density at radius 1 is 1.39 bits per heavy atom. The summed E-state index contributed by atoms with van der Waals surface area (Å²) in [6, 6.07) is 0. The van der Waals surface area contributed by atoms with Gasteiger partial charge < -0.3 is 15.4 Å². The van der Waals surface area contributed by atoms with Gasteiger partial charge in [0.05, 0.1) is 11.7 Å². The first-order valence-corrected chi connectivity index (χ1v) is 7.23. The molecule has 0 atom stereocenters. The van der Waals surface area contributed by atoms with E-state index in [1.807, 2.05) is 0 Å². The van der Waals surface area contributed by atoms with Crippen molar-refractivity contribution < 1.29 is 4.74 Å². The molecule has 0 unspecified atom stereocenters. The summed E-state index contributed by atoms with van der Waals surface area (Å²) in [6.07, 6.45) is 5.31. The van der Waals surface area contributed by atoms with Crippen LogP contribution < -0.4 is 10.6 Å². The number of nitrogens with zero attached hydrogens (tertiary/aromatic N) is 1. The topological polar surface area (TPSA) is 45.6 Å². The van der Waals surface area contributed by atoms with Crippen molar-refractivity contribution in [2.45, 2.75) is 58.2 Å². The predicted molar refractivity (Wildman–Crippen MR) is 74.9 cm³/mol. The van der Waals surface area contributed by atoms with Crippen molar-refractivity contribution in [2.75, 3.05) is 19.6 Å². The second-order valence-corrected chi connectivity index (χ2v) is 6.42. The Kier molecular flexibility index (Phi) is 4.49. The van der Waals surface area contributed by atoms with Gasteiger partial charge in [-0.25, -0.2) is 0 Å². The number of aliphatic imine (C=N–C) groups is 1. The zero-order valence-electron chi connectivity index (χ0n) is 12.0. The van der Waals surface area contributed by atoms with E-state index < -0.39 is 0 Å². The van der Waals surface area contributed by atoms with Crippen molar-refractivity contribution in [1.29, 1.82) is 0 Å². The van der Waals surface area contributed by atoms with Crippen molar-refractivity contribution in [3.63, 3.8) is 0 Å². The summed E-state index contributed by atoms with van der Waals surface area (Å²) < 4.78 is 5.94. The van der Waals surface area contributed by atoms with E-state index in [1.54, 1.807) is 0 Å². The van der Waals surface area contributed by atoms with Crippen LogP contribution in [-0.2, 0) is 4.74 Å². The average Bonchev–Trinajstić information content (AvgIpc) is 2.25. The van der Waals surface area contributed by atoms with Gasteiger partial charge in [-0.2, -0.15) is 0 Å².